The first-order valence-electron chi connectivity index (χ1n) is 6.60. The van der Waals surface area contributed by atoms with Crippen LogP contribution in [0.25, 0.3) is 0 Å². The molecule has 1 saturated heterocycles. The van der Waals surface area contributed by atoms with E-state index in [4.69, 9.17) is 4.74 Å². The molecule has 2 aliphatic heterocycles. The van der Waals surface area contributed by atoms with Crippen LogP contribution < -0.4 is 15.4 Å². The Hall–Kier alpha value is -1.26. The second-order valence-corrected chi connectivity index (χ2v) is 4.89. The van der Waals surface area contributed by atoms with Gasteiger partial charge in [-0.2, -0.15) is 0 Å². The van der Waals surface area contributed by atoms with Crippen molar-refractivity contribution in [2.24, 2.45) is 0 Å². The second-order valence-electron chi connectivity index (χ2n) is 4.89. The molecule has 1 amide bonds. The Morgan fingerprint density at radius 3 is 2.95 bits per heavy atom. The van der Waals surface area contributed by atoms with Gasteiger partial charge >= 0.3 is 0 Å². The predicted molar refractivity (Wildman–Crippen MR) is 75.7 cm³/mol. The Morgan fingerprint density at radius 2 is 2.16 bits per heavy atom. The number of rotatable bonds is 2. The van der Waals surface area contributed by atoms with E-state index in [1.54, 1.807) is 0 Å². The number of amides is 1. The third kappa shape index (κ3) is 3.01. The Bertz CT molecular complexity index is 447. The minimum Gasteiger partial charge on any atom is -0.493 e. The molecule has 2 aliphatic rings. The minimum atomic E-state index is -0.0139. The van der Waals surface area contributed by atoms with E-state index in [1.165, 1.54) is 0 Å². The molecule has 19 heavy (non-hydrogen) atoms. The van der Waals surface area contributed by atoms with Crippen LogP contribution in [0, 0.1) is 0 Å². The number of hydrogen-bond acceptors (Lipinski definition) is 3. The van der Waals surface area contributed by atoms with Crippen LogP contribution in [-0.2, 0) is 4.79 Å². The van der Waals surface area contributed by atoms with Gasteiger partial charge in [0.2, 0.25) is 5.91 Å². The SMILES string of the molecule is Cl.O=C(NC1CCOc2ccccc21)[C@@H]1CCCN1. The first-order chi connectivity index (χ1) is 8.84. The molecule has 5 heteroatoms. The minimum absolute atomic E-state index is 0. The Morgan fingerprint density at radius 1 is 1.32 bits per heavy atom. The molecule has 0 bridgehead atoms. The number of fused-ring (bicyclic) bond motifs is 1. The Labute approximate surface area is 119 Å². The van der Waals surface area contributed by atoms with E-state index >= 15 is 0 Å². The van der Waals surface area contributed by atoms with E-state index < -0.39 is 0 Å². The van der Waals surface area contributed by atoms with Crippen LogP contribution in [0.15, 0.2) is 24.3 Å². The summed E-state index contributed by atoms with van der Waals surface area (Å²) in [5.41, 5.74) is 1.09. The van der Waals surface area contributed by atoms with E-state index in [2.05, 4.69) is 10.6 Å². The summed E-state index contributed by atoms with van der Waals surface area (Å²) in [6.45, 7) is 1.61. The van der Waals surface area contributed by atoms with Crippen molar-refractivity contribution in [3.63, 3.8) is 0 Å². The van der Waals surface area contributed by atoms with Gasteiger partial charge in [0.25, 0.3) is 0 Å². The first kappa shape index (κ1) is 14.2. The zero-order valence-electron chi connectivity index (χ0n) is 10.7. The number of hydrogen-bond donors (Lipinski definition) is 2. The maximum absolute atomic E-state index is 12.1. The molecule has 0 spiro atoms. The van der Waals surface area contributed by atoms with Gasteiger partial charge in [-0.1, -0.05) is 18.2 Å². The fourth-order valence-electron chi connectivity index (χ4n) is 2.67. The van der Waals surface area contributed by atoms with Gasteiger partial charge in [0.15, 0.2) is 0 Å². The lowest BCUT2D eigenvalue weighted by molar-refractivity contribution is -0.123. The van der Waals surface area contributed by atoms with Crippen molar-refractivity contribution >= 4 is 18.3 Å². The van der Waals surface area contributed by atoms with Gasteiger partial charge in [0.05, 0.1) is 18.7 Å². The van der Waals surface area contributed by atoms with Crippen LogP contribution in [0.3, 0.4) is 0 Å². The maximum atomic E-state index is 12.1. The van der Waals surface area contributed by atoms with Gasteiger partial charge in [-0.05, 0) is 25.5 Å². The molecule has 2 N–H and O–H groups in total. The number of halogens is 1. The van der Waals surface area contributed by atoms with Crippen molar-refractivity contribution in [1.29, 1.82) is 0 Å². The lowest BCUT2D eigenvalue weighted by atomic mass is 10.00. The number of para-hydroxylation sites is 1. The molecule has 2 heterocycles. The fourth-order valence-corrected chi connectivity index (χ4v) is 2.67. The molecule has 0 saturated carbocycles. The van der Waals surface area contributed by atoms with Gasteiger partial charge in [-0.15, -0.1) is 12.4 Å². The standard InChI is InChI=1S/C14H18N2O2.ClH/c17-14(12-5-3-8-15-12)16-11-7-9-18-13-6-2-1-4-10(11)13;/h1-2,4,6,11-12,15H,3,5,7-9H2,(H,16,17);1H/t11?,12-;/m0./s1. The smallest absolute Gasteiger partial charge is 0.237 e. The van der Waals surface area contributed by atoms with Crippen molar-refractivity contribution in [3.05, 3.63) is 29.8 Å². The lowest BCUT2D eigenvalue weighted by Crippen LogP contribution is -2.43. The van der Waals surface area contributed by atoms with Gasteiger partial charge in [0.1, 0.15) is 5.75 Å². The van der Waals surface area contributed by atoms with Gasteiger partial charge in [0, 0.05) is 12.0 Å². The molecule has 0 aromatic heterocycles. The van der Waals surface area contributed by atoms with Crippen molar-refractivity contribution in [3.8, 4) is 5.75 Å². The normalized spacial score (nSPS) is 24.8. The van der Waals surface area contributed by atoms with E-state index in [1.807, 2.05) is 24.3 Å². The largest absolute Gasteiger partial charge is 0.493 e. The highest BCUT2D eigenvalue weighted by Gasteiger charge is 2.27. The molecule has 2 atom stereocenters. The zero-order chi connectivity index (χ0) is 12.4. The summed E-state index contributed by atoms with van der Waals surface area (Å²) < 4.78 is 5.59. The van der Waals surface area contributed by atoms with Gasteiger partial charge in [-0.3, -0.25) is 4.79 Å². The summed E-state index contributed by atoms with van der Waals surface area (Å²) >= 11 is 0. The average molecular weight is 283 g/mol. The number of carbonyl (C=O) groups excluding carboxylic acids is 1. The second kappa shape index (κ2) is 6.26. The Kier molecular flexibility index (Phi) is 4.66. The van der Waals surface area contributed by atoms with Gasteiger partial charge in [-0.25, -0.2) is 0 Å². The third-order valence-electron chi connectivity index (χ3n) is 3.65. The highest BCUT2D eigenvalue weighted by molar-refractivity contribution is 5.85. The molecule has 4 nitrogen and oxygen atoms in total. The highest BCUT2D eigenvalue weighted by atomic mass is 35.5. The van der Waals surface area contributed by atoms with E-state index in [-0.39, 0.29) is 30.4 Å². The topological polar surface area (TPSA) is 50.4 Å². The van der Waals surface area contributed by atoms with E-state index in [0.29, 0.717) is 6.61 Å². The quantitative estimate of drug-likeness (QED) is 0.870. The molecule has 0 radical (unpaired) electrons. The molecule has 1 aromatic carbocycles. The summed E-state index contributed by atoms with van der Waals surface area (Å²) in [5.74, 6) is 1.02. The summed E-state index contributed by atoms with van der Waals surface area (Å²) in [7, 11) is 0. The third-order valence-corrected chi connectivity index (χ3v) is 3.65. The molecular formula is C14H19ClN2O2. The molecular weight excluding hydrogens is 264 g/mol. The predicted octanol–water partition coefficient (Wildman–Crippen LogP) is 1.80. The summed E-state index contributed by atoms with van der Waals surface area (Å²) in [6.07, 6.45) is 2.87. The molecule has 1 fully saturated rings. The van der Waals surface area contributed by atoms with Crippen molar-refractivity contribution in [1.82, 2.24) is 10.6 Å². The number of benzene rings is 1. The van der Waals surface area contributed by atoms with Crippen molar-refractivity contribution < 1.29 is 9.53 Å². The Balaban J connectivity index is 0.00000133. The van der Waals surface area contributed by atoms with Crippen molar-refractivity contribution in [2.45, 2.75) is 31.3 Å². The van der Waals surface area contributed by atoms with Gasteiger partial charge < -0.3 is 15.4 Å². The molecule has 1 aromatic rings. The molecule has 104 valence electrons. The zero-order valence-corrected chi connectivity index (χ0v) is 11.5. The summed E-state index contributed by atoms with van der Waals surface area (Å²) in [6, 6.07) is 8.01. The molecule has 1 unspecified atom stereocenters. The molecule has 3 rings (SSSR count). The highest BCUT2D eigenvalue weighted by Crippen LogP contribution is 2.31. The van der Waals surface area contributed by atoms with E-state index in [0.717, 1.165) is 37.1 Å². The van der Waals surface area contributed by atoms with Crippen LogP contribution in [0.1, 0.15) is 30.9 Å². The van der Waals surface area contributed by atoms with Crippen LogP contribution in [0.2, 0.25) is 0 Å². The van der Waals surface area contributed by atoms with Crippen LogP contribution in [0.4, 0.5) is 0 Å². The summed E-state index contributed by atoms with van der Waals surface area (Å²) in [4.78, 5) is 12.1. The van der Waals surface area contributed by atoms with Crippen molar-refractivity contribution in [2.75, 3.05) is 13.2 Å². The number of carbonyl (C=O) groups is 1. The number of ether oxygens (including phenoxy) is 1. The van der Waals surface area contributed by atoms with Crippen LogP contribution in [0.5, 0.6) is 5.75 Å². The average Bonchev–Trinajstić information content (AvgIpc) is 2.93. The van der Waals surface area contributed by atoms with Crippen LogP contribution >= 0.6 is 12.4 Å². The first-order valence-corrected chi connectivity index (χ1v) is 6.60. The maximum Gasteiger partial charge on any atom is 0.237 e. The fraction of sp³-hybridized carbons (Fsp3) is 0.500. The lowest BCUT2D eigenvalue weighted by Gasteiger charge is -2.27. The monoisotopic (exact) mass is 282 g/mol. The summed E-state index contributed by atoms with van der Waals surface area (Å²) in [5, 5.41) is 6.36. The number of nitrogens with one attached hydrogen (secondary N) is 2. The van der Waals surface area contributed by atoms with E-state index in [9.17, 15) is 4.79 Å². The van der Waals surface area contributed by atoms with Crippen LogP contribution in [-0.4, -0.2) is 25.1 Å². The molecule has 0 aliphatic carbocycles.